The summed E-state index contributed by atoms with van der Waals surface area (Å²) in [5.41, 5.74) is 6.04. The fraction of sp³-hybridized carbons (Fsp3) is 0.452. The summed E-state index contributed by atoms with van der Waals surface area (Å²) in [6.45, 7) is 7.61. The van der Waals surface area contributed by atoms with Gasteiger partial charge in [0, 0.05) is 11.8 Å². The number of fused-ring (bicyclic) bond motifs is 3. The van der Waals surface area contributed by atoms with E-state index in [-0.39, 0.29) is 30.1 Å². The van der Waals surface area contributed by atoms with Gasteiger partial charge in [0.15, 0.2) is 34.7 Å². The molecule has 8 heteroatoms. The van der Waals surface area contributed by atoms with Crippen LogP contribution in [0.4, 0.5) is 0 Å². The molecule has 8 nitrogen and oxygen atoms in total. The third-order valence-electron chi connectivity index (χ3n) is 9.06. The number of phenolic OH excluding ortho intramolecular Hbond substituents is 1. The minimum absolute atomic E-state index is 0.00490. The number of benzene rings is 2. The molecule has 2 fully saturated rings. The van der Waals surface area contributed by atoms with Gasteiger partial charge in [-0.3, -0.25) is 24.0 Å². The number of carbonyl (C=O) groups excluding carboxylic acids is 5. The van der Waals surface area contributed by atoms with Crippen LogP contribution in [0.5, 0.6) is 5.75 Å². The lowest BCUT2D eigenvalue weighted by atomic mass is 9.49. The smallest absolute Gasteiger partial charge is 0.235 e. The molecule has 204 valence electrons. The van der Waals surface area contributed by atoms with E-state index in [0.717, 1.165) is 16.7 Å². The molecule has 2 aromatic carbocycles. The lowest BCUT2D eigenvalue weighted by molar-refractivity contribution is -0.182. The first-order chi connectivity index (χ1) is 18.3. The fourth-order valence-corrected chi connectivity index (χ4v) is 7.19. The second kappa shape index (κ2) is 9.23. The van der Waals surface area contributed by atoms with E-state index < -0.39 is 70.1 Å². The number of aliphatic hydroxyl groups is 1. The van der Waals surface area contributed by atoms with E-state index >= 15 is 0 Å². The van der Waals surface area contributed by atoms with Crippen LogP contribution >= 0.6 is 0 Å². The SMILES string of the molecule is CC(C)c1cccc(-c2ccc(O)c3c2C[C@H]2C[C@H]4[C@H](C(C)C)C(=O)C(C(N)=O)C(=O)[C@@]4(O)C(=O)C2C3=O)c1. The molecule has 6 atom stereocenters. The number of aromatic hydroxyl groups is 1. The van der Waals surface area contributed by atoms with Gasteiger partial charge in [-0.1, -0.05) is 58.0 Å². The summed E-state index contributed by atoms with van der Waals surface area (Å²) in [5, 5.41) is 22.5. The van der Waals surface area contributed by atoms with Crippen LogP contribution in [0.1, 0.15) is 61.5 Å². The van der Waals surface area contributed by atoms with Crippen molar-refractivity contribution in [3.05, 3.63) is 53.1 Å². The molecule has 0 spiro atoms. The molecule has 4 N–H and O–H groups in total. The van der Waals surface area contributed by atoms with E-state index in [0.29, 0.717) is 5.56 Å². The average Bonchev–Trinajstić information content (AvgIpc) is 2.86. The van der Waals surface area contributed by atoms with Crippen molar-refractivity contribution in [2.45, 2.75) is 52.1 Å². The number of Topliss-reactive ketones (excluding diaryl/α,β-unsaturated/α-hetero) is 4. The highest BCUT2D eigenvalue weighted by molar-refractivity contribution is 6.32. The topological polar surface area (TPSA) is 152 Å². The third-order valence-corrected chi connectivity index (χ3v) is 9.06. The molecule has 3 aliphatic rings. The summed E-state index contributed by atoms with van der Waals surface area (Å²) in [4.78, 5) is 66.6. The average molecular weight is 532 g/mol. The van der Waals surface area contributed by atoms with Crippen LogP contribution in [0.15, 0.2) is 36.4 Å². The number of carbonyl (C=O) groups is 5. The Morgan fingerprint density at radius 3 is 2.33 bits per heavy atom. The van der Waals surface area contributed by atoms with E-state index in [1.165, 1.54) is 6.07 Å². The molecule has 5 rings (SSSR count). The number of hydrogen-bond donors (Lipinski definition) is 3. The van der Waals surface area contributed by atoms with Crippen molar-refractivity contribution in [2.24, 2.45) is 41.2 Å². The van der Waals surface area contributed by atoms with E-state index in [1.807, 2.05) is 24.3 Å². The maximum atomic E-state index is 13.9. The van der Waals surface area contributed by atoms with Crippen LogP contribution < -0.4 is 5.73 Å². The van der Waals surface area contributed by atoms with Gasteiger partial charge in [-0.2, -0.15) is 0 Å². The highest BCUT2D eigenvalue weighted by Gasteiger charge is 2.69. The number of primary amides is 1. The van der Waals surface area contributed by atoms with Gasteiger partial charge < -0.3 is 15.9 Å². The fourth-order valence-electron chi connectivity index (χ4n) is 7.19. The highest BCUT2D eigenvalue weighted by atomic mass is 16.3. The zero-order valence-corrected chi connectivity index (χ0v) is 22.4. The second-order valence-electron chi connectivity index (χ2n) is 11.9. The minimum atomic E-state index is -2.68. The van der Waals surface area contributed by atoms with E-state index in [2.05, 4.69) is 13.8 Å². The Bertz CT molecular complexity index is 1440. The number of phenols is 1. The molecule has 0 aliphatic heterocycles. The Morgan fingerprint density at radius 1 is 1.03 bits per heavy atom. The molecule has 2 aromatic rings. The Morgan fingerprint density at radius 2 is 1.72 bits per heavy atom. The van der Waals surface area contributed by atoms with Gasteiger partial charge in [-0.15, -0.1) is 0 Å². The molecule has 2 unspecified atom stereocenters. The summed E-state index contributed by atoms with van der Waals surface area (Å²) < 4.78 is 0. The largest absolute Gasteiger partial charge is 0.507 e. The van der Waals surface area contributed by atoms with E-state index in [9.17, 15) is 34.2 Å². The maximum Gasteiger partial charge on any atom is 0.235 e. The first kappa shape index (κ1) is 26.9. The van der Waals surface area contributed by atoms with Crippen molar-refractivity contribution in [2.75, 3.05) is 0 Å². The normalized spacial score (nSPS) is 30.3. The molecule has 1 amide bonds. The molecule has 39 heavy (non-hydrogen) atoms. The van der Waals surface area contributed by atoms with Crippen LogP contribution in [0, 0.1) is 35.5 Å². The monoisotopic (exact) mass is 531 g/mol. The van der Waals surface area contributed by atoms with Crippen molar-refractivity contribution in [1.82, 2.24) is 0 Å². The van der Waals surface area contributed by atoms with Crippen molar-refractivity contribution >= 4 is 29.0 Å². The predicted octanol–water partition coefficient (Wildman–Crippen LogP) is 3.00. The predicted molar refractivity (Wildman–Crippen MR) is 142 cm³/mol. The molecule has 3 aliphatic carbocycles. The number of amides is 1. The quantitative estimate of drug-likeness (QED) is 0.513. The Kier molecular flexibility index (Phi) is 6.37. The Labute approximate surface area is 226 Å². The molecular formula is C31H33NO7. The molecule has 0 radical (unpaired) electrons. The van der Waals surface area contributed by atoms with Gasteiger partial charge in [0.05, 0.1) is 11.5 Å². The van der Waals surface area contributed by atoms with Crippen LogP contribution in [0.2, 0.25) is 0 Å². The first-order valence-corrected chi connectivity index (χ1v) is 13.4. The van der Waals surface area contributed by atoms with Gasteiger partial charge >= 0.3 is 0 Å². The second-order valence-corrected chi connectivity index (χ2v) is 11.9. The van der Waals surface area contributed by atoms with Gasteiger partial charge in [-0.25, -0.2) is 0 Å². The summed E-state index contributed by atoms with van der Waals surface area (Å²) in [6.07, 6.45) is 0.303. The summed E-state index contributed by atoms with van der Waals surface area (Å²) >= 11 is 0. The zero-order chi connectivity index (χ0) is 28.5. The maximum absolute atomic E-state index is 13.9. The standard InChI is InChI=1S/C31H33NO7/c1-13(2)15-6-5-7-16(10-15)18-8-9-21(33)24-19(18)11-17-12-20-22(14(3)4)26(34)25(30(32)38)29(37)31(20,39)28(36)23(17)27(24)35/h5-10,13-14,17,20,22-23,25,33,39H,11-12H2,1-4H3,(H2,32,38)/t17-,20-,22-,23?,25?,31-/m0/s1. The Balaban J connectivity index is 1.65. The lowest BCUT2D eigenvalue weighted by Crippen LogP contribution is -2.71. The van der Waals surface area contributed by atoms with Crippen molar-refractivity contribution < 1.29 is 34.2 Å². The van der Waals surface area contributed by atoms with Crippen LogP contribution in [0.3, 0.4) is 0 Å². The van der Waals surface area contributed by atoms with E-state index in [1.54, 1.807) is 19.9 Å². The van der Waals surface area contributed by atoms with Gasteiger partial charge in [0.25, 0.3) is 0 Å². The molecule has 0 saturated heterocycles. The van der Waals surface area contributed by atoms with Gasteiger partial charge in [-0.05, 0) is 58.9 Å². The van der Waals surface area contributed by atoms with Crippen molar-refractivity contribution in [3.8, 4) is 16.9 Å². The molecule has 0 bridgehead atoms. The Hall–Kier alpha value is -3.65. The van der Waals surface area contributed by atoms with Crippen molar-refractivity contribution in [1.29, 1.82) is 0 Å². The first-order valence-electron chi connectivity index (χ1n) is 13.4. The third kappa shape index (κ3) is 3.79. The van der Waals surface area contributed by atoms with Crippen LogP contribution in [-0.4, -0.2) is 44.9 Å². The van der Waals surface area contributed by atoms with Crippen LogP contribution in [0.25, 0.3) is 11.1 Å². The highest BCUT2D eigenvalue weighted by Crippen LogP contribution is 2.53. The summed E-state index contributed by atoms with van der Waals surface area (Å²) in [6, 6.07) is 11.1. The summed E-state index contributed by atoms with van der Waals surface area (Å²) in [5.74, 6) is -11.2. The number of rotatable bonds is 4. The number of hydrogen-bond acceptors (Lipinski definition) is 7. The number of nitrogens with two attached hydrogens (primary N) is 1. The molecular weight excluding hydrogens is 498 g/mol. The van der Waals surface area contributed by atoms with Gasteiger partial charge in [0.1, 0.15) is 5.75 Å². The lowest BCUT2D eigenvalue weighted by Gasteiger charge is -2.52. The minimum Gasteiger partial charge on any atom is -0.507 e. The zero-order valence-electron chi connectivity index (χ0n) is 22.4. The van der Waals surface area contributed by atoms with Crippen LogP contribution in [-0.2, 0) is 25.6 Å². The molecule has 2 saturated carbocycles. The molecule has 0 aromatic heterocycles. The number of ketones is 4. The summed E-state index contributed by atoms with van der Waals surface area (Å²) in [7, 11) is 0. The molecule has 0 heterocycles. The van der Waals surface area contributed by atoms with Gasteiger partial charge in [0.2, 0.25) is 5.91 Å². The van der Waals surface area contributed by atoms with Crippen molar-refractivity contribution in [3.63, 3.8) is 0 Å². The van der Waals surface area contributed by atoms with E-state index in [4.69, 9.17) is 5.73 Å².